The Labute approximate surface area is 137 Å². The number of benzene rings is 2. The van der Waals surface area contributed by atoms with Crippen LogP contribution in [-0.4, -0.2) is 36.8 Å². The van der Waals surface area contributed by atoms with Crippen LogP contribution < -0.4 is 9.25 Å². The monoisotopic (exact) mass is 381 g/mol. The molecule has 0 bridgehead atoms. The van der Waals surface area contributed by atoms with Gasteiger partial charge in [0.1, 0.15) is 0 Å². The summed E-state index contributed by atoms with van der Waals surface area (Å²) in [6.45, 7) is 0. The Morgan fingerprint density at radius 3 is 2.35 bits per heavy atom. The predicted octanol–water partition coefficient (Wildman–Crippen LogP) is 1.74. The van der Waals surface area contributed by atoms with E-state index < -0.39 is 16.9 Å². The summed E-state index contributed by atoms with van der Waals surface area (Å²) in [5, 5.41) is 38.2. The van der Waals surface area contributed by atoms with Crippen molar-refractivity contribution >= 4 is 27.3 Å². The number of aromatic hydroxyl groups is 4. The molecule has 0 unspecified atom stereocenters. The van der Waals surface area contributed by atoms with Crippen LogP contribution in [0.4, 0.5) is 0 Å². The summed E-state index contributed by atoms with van der Waals surface area (Å²) >= 11 is 2.23. The molecule has 7 nitrogen and oxygen atoms in total. The summed E-state index contributed by atoms with van der Waals surface area (Å²) in [6.07, 6.45) is 0. The Kier molecular flexibility index (Phi) is 3.55. The first-order chi connectivity index (χ1) is 10.9. The molecule has 0 spiro atoms. The molecule has 0 saturated heterocycles. The van der Waals surface area contributed by atoms with Crippen LogP contribution in [0.1, 0.15) is 0 Å². The molecule has 3 aromatic rings. The summed E-state index contributed by atoms with van der Waals surface area (Å²) in [7, 11) is 0. The average molecular weight is 380 g/mol. The number of fused-ring (bicyclic) bond motifs is 1. The summed E-state index contributed by atoms with van der Waals surface area (Å²) in [4.78, 5) is 12.5. The van der Waals surface area contributed by atoms with Crippen LogP contribution in [0.3, 0.4) is 0 Å². The van der Waals surface area contributed by atoms with Gasteiger partial charge in [-0.1, -0.05) is 0 Å². The third-order valence-electron chi connectivity index (χ3n) is 3.24. The van der Waals surface area contributed by atoms with Gasteiger partial charge in [-0.05, 0) is 0 Å². The van der Waals surface area contributed by atoms with E-state index in [1.54, 1.807) is 0 Å². The van der Waals surface area contributed by atoms with Crippen molar-refractivity contribution in [2.75, 3.05) is 0 Å². The number of hydrogen-bond acceptors (Lipinski definition) is 7. The number of hydrogen-bond donors (Lipinski definition) is 4. The topological polar surface area (TPSA) is 120 Å². The molecule has 4 N–H and O–H groups in total. The zero-order valence-electron chi connectivity index (χ0n) is 11.3. The van der Waals surface area contributed by atoms with E-state index in [1.807, 2.05) is 0 Å². The second-order valence-corrected chi connectivity index (χ2v) is 5.06. The number of phenols is 4. The zero-order valence-corrected chi connectivity index (χ0v) is 13.0. The molecule has 0 aliphatic heterocycles. The van der Waals surface area contributed by atoms with Gasteiger partial charge >= 0.3 is 137 Å². The van der Waals surface area contributed by atoms with Crippen molar-refractivity contribution in [2.45, 2.75) is 0 Å². The first-order valence-electron chi connectivity index (χ1n) is 6.27. The Morgan fingerprint density at radius 2 is 1.70 bits per heavy atom. The summed E-state index contributed by atoms with van der Waals surface area (Å²) in [5.41, 5.74) is -0.465. The molecule has 0 saturated carbocycles. The normalized spacial score (nSPS) is 10.8. The minimum absolute atomic E-state index is 0.0402. The first kappa shape index (κ1) is 15.1. The SMILES string of the molecule is O=c1c(O[Se])c(-c2ccc(O)c(O)c2)oc2cc(O)cc(O)c12. The van der Waals surface area contributed by atoms with Gasteiger partial charge in [0.25, 0.3) is 0 Å². The molecule has 0 aliphatic rings. The predicted molar refractivity (Wildman–Crippen MR) is 81.0 cm³/mol. The van der Waals surface area contributed by atoms with Crippen LogP contribution in [0, 0.1) is 0 Å². The number of rotatable bonds is 2. The van der Waals surface area contributed by atoms with Gasteiger partial charge in [0.2, 0.25) is 0 Å². The maximum absolute atomic E-state index is 12.5. The van der Waals surface area contributed by atoms with Crippen molar-refractivity contribution in [3.8, 4) is 40.1 Å². The van der Waals surface area contributed by atoms with Crippen molar-refractivity contribution in [1.82, 2.24) is 0 Å². The van der Waals surface area contributed by atoms with Crippen molar-refractivity contribution in [3.63, 3.8) is 0 Å². The van der Waals surface area contributed by atoms with E-state index in [4.69, 9.17) is 8.24 Å². The molecule has 23 heavy (non-hydrogen) atoms. The quantitative estimate of drug-likeness (QED) is 0.395. The van der Waals surface area contributed by atoms with Gasteiger partial charge in [0.05, 0.1) is 0 Å². The minimum atomic E-state index is -0.662. The molecule has 0 aliphatic carbocycles. The van der Waals surface area contributed by atoms with Crippen LogP contribution in [-0.2, 0) is 0 Å². The third kappa shape index (κ3) is 2.44. The van der Waals surface area contributed by atoms with Crippen LogP contribution in [0.15, 0.2) is 39.5 Å². The van der Waals surface area contributed by atoms with Gasteiger partial charge in [0, 0.05) is 0 Å². The summed E-state index contributed by atoms with van der Waals surface area (Å²) in [5.74, 6) is -1.75. The van der Waals surface area contributed by atoms with Gasteiger partial charge in [0.15, 0.2) is 0 Å². The van der Waals surface area contributed by atoms with E-state index >= 15 is 0 Å². The molecule has 1 radical (unpaired) electrons. The molecule has 2 aromatic carbocycles. The summed E-state index contributed by atoms with van der Waals surface area (Å²) in [6, 6.07) is 5.99. The molecule has 3 rings (SSSR count). The van der Waals surface area contributed by atoms with Crippen LogP contribution >= 0.6 is 0 Å². The van der Waals surface area contributed by atoms with Crippen molar-refractivity contribution < 1.29 is 28.7 Å². The fourth-order valence-electron chi connectivity index (χ4n) is 2.20. The van der Waals surface area contributed by atoms with Crippen molar-refractivity contribution in [1.29, 1.82) is 0 Å². The molecule has 1 heterocycles. The van der Waals surface area contributed by atoms with Gasteiger partial charge in [-0.2, -0.15) is 0 Å². The Morgan fingerprint density at radius 1 is 0.957 bits per heavy atom. The molecule has 1 aromatic heterocycles. The van der Waals surface area contributed by atoms with Gasteiger partial charge < -0.3 is 0 Å². The third-order valence-corrected chi connectivity index (χ3v) is 3.59. The number of phenolic OH excluding ortho intramolecular Hbond substituents is 4. The van der Waals surface area contributed by atoms with E-state index in [2.05, 4.69) is 16.3 Å². The second-order valence-electron chi connectivity index (χ2n) is 4.71. The zero-order chi connectivity index (χ0) is 16.7. The molecule has 117 valence electrons. The van der Waals surface area contributed by atoms with Crippen LogP contribution in [0.2, 0.25) is 0 Å². The van der Waals surface area contributed by atoms with Gasteiger partial charge in [-0.15, -0.1) is 0 Å². The molecular formula is C15H9O7Se. The van der Waals surface area contributed by atoms with Crippen molar-refractivity contribution in [3.05, 3.63) is 40.6 Å². The molecule has 0 fully saturated rings. The van der Waals surface area contributed by atoms with Crippen LogP contribution in [0.25, 0.3) is 22.3 Å². The van der Waals surface area contributed by atoms with Crippen LogP contribution in [0.5, 0.6) is 28.7 Å². The van der Waals surface area contributed by atoms with Gasteiger partial charge in [-0.3, -0.25) is 0 Å². The fraction of sp³-hybridized carbons (Fsp3) is 0. The van der Waals surface area contributed by atoms with Gasteiger partial charge in [-0.25, -0.2) is 0 Å². The Bertz CT molecular complexity index is 978. The Hall–Kier alpha value is -2.83. The molecule has 0 atom stereocenters. The van der Waals surface area contributed by atoms with E-state index in [-0.39, 0.29) is 39.5 Å². The van der Waals surface area contributed by atoms with E-state index in [0.717, 1.165) is 6.07 Å². The van der Waals surface area contributed by atoms with E-state index in [9.17, 15) is 25.2 Å². The summed E-state index contributed by atoms with van der Waals surface area (Å²) < 4.78 is 10.5. The average Bonchev–Trinajstić information content (AvgIpc) is 2.49. The molecule has 0 amide bonds. The second kappa shape index (κ2) is 5.42. The van der Waals surface area contributed by atoms with E-state index in [1.165, 1.54) is 24.3 Å². The fourth-order valence-corrected chi connectivity index (χ4v) is 2.52. The standard InChI is InChI=1S/C15H9O7Se/c16-7-4-10(19)12-11(5-7)21-14(15(22-23)13(12)20)6-1-2-8(17)9(18)3-6/h1-5,16-19H. The maximum atomic E-state index is 12.5. The molecule has 8 heteroatoms. The van der Waals surface area contributed by atoms with Crippen molar-refractivity contribution in [2.24, 2.45) is 0 Å². The Balaban J connectivity index is 2.40. The molecular weight excluding hydrogens is 371 g/mol. The first-order valence-corrected chi connectivity index (χ1v) is 6.97. The van der Waals surface area contributed by atoms with E-state index in [0.29, 0.717) is 0 Å².